The zero-order valence-electron chi connectivity index (χ0n) is 11.4. The molecule has 7 heteroatoms. The number of hydrogen-bond donors (Lipinski definition) is 1. The first-order valence-corrected chi connectivity index (χ1v) is 6.22. The van der Waals surface area contributed by atoms with E-state index in [1.807, 2.05) is 0 Å². The number of nitrogens with one attached hydrogen (secondary N) is 1. The van der Waals surface area contributed by atoms with E-state index < -0.39 is 11.8 Å². The van der Waals surface area contributed by atoms with Gasteiger partial charge >= 0.3 is 0 Å². The van der Waals surface area contributed by atoms with E-state index in [9.17, 15) is 9.59 Å². The minimum atomic E-state index is -0.495. The summed E-state index contributed by atoms with van der Waals surface area (Å²) in [4.78, 5) is 23.6. The molecule has 0 aliphatic carbocycles. The van der Waals surface area contributed by atoms with Crippen molar-refractivity contribution in [1.29, 1.82) is 0 Å². The fourth-order valence-electron chi connectivity index (χ4n) is 1.78. The highest BCUT2D eigenvalue weighted by atomic mass is 16.7. The molecule has 1 aliphatic rings. The van der Waals surface area contributed by atoms with Crippen LogP contribution in [-0.4, -0.2) is 31.9 Å². The number of hydrazone groups is 1. The predicted octanol–water partition coefficient (Wildman–Crippen LogP) is 1.06. The molecule has 1 N–H and O–H groups in total. The maximum Gasteiger partial charge on any atom is 0.256 e. The van der Waals surface area contributed by atoms with Crippen molar-refractivity contribution in [1.82, 2.24) is 5.32 Å². The Morgan fingerprint density at radius 3 is 2.86 bits per heavy atom. The van der Waals surface area contributed by atoms with E-state index in [0.29, 0.717) is 23.7 Å². The van der Waals surface area contributed by atoms with Gasteiger partial charge in [-0.2, -0.15) is 5.10 Å². The Kier molecular flexibility index (Phi) is 4.55. The molecule has 2 rings (SSSR count). The molecule has 0 unspecified atom stereocenters. The maximum absolute atomic E-state index is 12.1. The summed E-state index contributed by atoms with van der Waals surface area (Å²) >= 11 is 0. The van der Waals surface area contributed by atoms with E-state index in [1.54, 1.807) is 18.2 Å². The minimum absolute atomic E-state index is 0.137. The number of benzene rings is 1. The summed E-state index contributed by atoms with van der Waals surface area (Å²) in [5, 5.41) is 7.23. The summed E-state index contributed by atoms with van der Waals surface area (Å²) < 4.78 is 10.4. The topological polar surface area (TPSA) is 80.2 Å². The highest BCUT2D eigenvalue weighted by molar-refractivity contribution is 6.05. The number of nitrogens with zero attached hydrogens (tertiary/aromatic N) is 2. The molecule has 0 fully saturated rings. The number of carbonyl (C=O) groups excluding carboxylic acids is 2. The van der Waals surface area contributed by atoms with E-state index in [4.69, 9.17) is 9.47 Å². The largest absolute Gasteiger partial charge is 0.454 e. The molecule has 0 aromatic heterocycles. The molecule has 1 aromatic rings. The Balaban J connectivity index is 2.08. The van der Waals surface area contributed by atoms with Crippen LogP contribution in [0.15, 0.2) is 36.0 Å². The second-order valence-electron chi connectivity index (χ2n) is 4.15. The van der Waals surface area contributed by atoms with Gasteiger partial charge in [-0.05, 0) is 12.1 Å². The van der Waals surface area contributed by atoms with Crippen LogP contribution in [0, 0.1) is 0 Å². The fraction of sp³-hybridized carbons (Fsp3) is 0.214. The molecular formula is C14H15N3O4. The van der Waals surface area contributed by atoms with E-state index >= 15 is 0 Å². The lowest BCUT2D eigenvalue weighted by atomic mass is 10.2. The number of carbonyl (C=O) groups is 2. The fourth-order valence-corrected chi connectivity index (χ4v) is 1.78. The van der Waals surface area contributed by atoms with E-state index in [2.05, 4.69) is 23.7 Å². The second-order valence-corrected chi connectivity index (χ2v) is 4.15. The van der Waals surface area contributed by atoms with Crippen molar-refractivity contribution in [3.63, 3.8) is 0 Å². The van der Waals surface area contributed by atoms with Gasteiger partial charge in [-0.1, -0.05) is 6.08 Å². The molecule has 0 saturated carbocycles. The SMILES string of the molecule is C=CCNC(=O)CC(=O)N(N=C)c1ccc2c(c1)OCO2. The van der Waals surface area contributed by atoms with E-state index in [-0.39, 0.29) is 13.2 Å². The van der Waals surface area contributed by atoms with Crippen molar-refractivity contribution in [2.24, 2.45) is 5.10 Å². The zero-order chi connectivity index (χ0) is 15.2. The molecule has 0 atom stereocenters. The van der Waals surface area contributed by atoms with Crippen molar-refractivity contribution in [3.05, 3.63) is 30.9 Å². The van der Waals surface area contributed by atoms with Crippen molar-refractivity contribution in [3.8, 4) is 11.5 Å². The van der Waals surface area contributed by atoms with Crippen LogP contribution in [0.3, 0.4) is 0 Å². The molecule has 0 radical (unpaired) electrons. The van der Waals surface area contributed by atoms with Crippen LogP contribution in [0.25, 0.3) is 0 Å². The van der Waals surface area contributed by atoms with Gasteiger partial charge in [-0.3, -0.25) is 9.59 Å². The van der Waals surface area contributed by atoms with Crippen LogP contribution in [-0.2, 0) is 9.59 Å². The number of ether oxygens (including phenoxy) is 2. The van der Waals surface area contributed by atoms with Gasteiger partial charge in [0, 0.05) is 19.3 Å². The highest BCUT2D eigenvalue weighted by Crippen LogP contribution is 2.35. The molecule has 2 amide bonds. The predicted molar refractivity (Wildman–Crippen MR) is 77.4 cm³/mol. The first-order valence-electron chi connectivity index (χ1n) is 6.22. The standard InChI is InChI=1S/C14H15N3O4/c1-3-6-16-13(18)8-14(19)17(15-2)10-4-5-11-12(7-10)21-9-20-11/h3-5,7H,1-2,6,8-9H2,(H,16,18). The van der Waals surface area contributed by atoms with E-state index in [1.165, 1.54) is 6.08 Å². The molecule has 0 bridgehead atoms. The van der Waals surface area contributed by atoms with Crippen LogP contribution in [0.1, 0.15) is 6.42 Å². The first-order chi connectivity index (χ1) is 10.2. The van der Waals surface area contributed by atoms with Crippen LogP contribution in [0.5, 0.6) is 11.5 Å². The van der Waals surface area contributed by atoms with Crippen molar-refractivity contribution >= 4 is 24.2 Å². The van der Waals surface area contributed by atoms with Gasteiger partial charge in [0.15, 0.2) is 11.5 Å². The number of amides is 2. The normalized spacial score (nSPS) is 11.6. The Morgan fingerprint density at radius 2 is 2.14 bits per heavy atom. The Morgan fingerprint density at radius 1 is 1.38 bits per heavy atom. The van der Waals surface area contributed by atoms with Gasteiger partial charge < -0.3 is 14.8 Å². The summed E-state index contributed by atoms with van der Waals surface area (Å²) in [6, 6.07) is 4.92. The van der Waals surface area contributed by atoms with Crippen LogP contribution < -0.4 is 19.8 Å². The molecule has 7 nitrogen and oxygen atoms in total. The van der Waals surface area contributed by atoms with Gasteiger partial charge in [0.25, 0.3) is 5.91 Å². The molecule has 1 aromatic carbocycles. The number of anilines is 1. The monoisotopic (exact) mass is 289 g/mol. The van der Waals surface area contributed by atoms with Crippen LogP contribution in [0.4, 0.5) is 5.69 Å². The summed E-state index contributed by atoms with van der Waals surface area (Å²) in [6.45, 7) is 7.28. The van der Waals surface area contributed by atoms with Gasteiger partial charge in [0.1, 0.15) is 6.42 Å². The third-order valence-corrected chi connectivity index (χ3v) is 2.73. The van der Waals surface area contributed by atoms with Crippen LogP contribution in [0.2, 0.25) is 0 Å². The third-order valence-electron chi connectivity index (χ3n) is 2.73. The lowest BCUT2D eigenvalue weighted by Crippen LogP contribution is -2.32. The average molecular weight is 289 g/mol. The first kappa shape index (κ1) is 14.6. The summed E-state index contributed by atoms with van der Waals surface area (Å²) in [5.74, 6) is 0.212. The van der Waals surface area contributed by atoms with Gasteiger partial charge in [-0.15, -0.1) is 6.58 Å². The maximum atomic E-state index is 12.1. The Labute approximate surface area is 121 Å². The van der Waals surface area contributed by atoms with Gasteiger partial charge in [0.05, 0.1) is 5.69 Å². The van der Waals surface area contributed by atoms with E-state index in [0.717, 1.165) is 5.01 Å². The van der Waals surface area contributed by atoms with Crippen molar-refractivity contribution in [2.75, 3.05) is 18.3 Å². The third kappa shape index (κ3) is 3.38. The molecule has 0 spiro atoms. The Bertz CT molecular complexity index is 586. The lowest BCUT2D eigenvalue weighted by molar-refractivity contribution is -0.127. The van der Waals surface area contributed by atoms with Crippen molar-refractivity contribution in [2.45, 2.75) is 6.42 Å². The number of rotatable bonds is 6. The quantitative estimate of drug-likeness (QED) is 0.367. The van der Waals surface area contributed by atoms with Gasteiger partial charge in [-0.25, -0.2) is 5.01 Å². The molecule has 1 heterocycles. The molecule has 1 aliphatic heterocycles. The minimum Gasteiger partial charge on any atom is -0.454 e. The summed E-state index contributed by atoms with van der Waals surface area (Å²) in [7, 11) is 0. The second kappa shape index (κ2) is 6.56. The molecule has 21 heavy (non-hydrogen) atoms. The smallest absolute Gasteiger partial charge is 0.256 e. The molecule has 110 valence electrons. The van der Waals surface area contributed by atoms with Crippen molar-refractivity contribution < 1.29 is 19.1 Å². The highest BCUT2D eigenvalue weighted by Gasteiger charge is 2.21. The zero-order valence-corrected chi connectivity index (χ0v) is 11.4. The van der Waals surface area contributed by atoms with Crippen LogP contribution >= 0.6 is 0 Å². The lowest BCUT2D eigenvalue weighted by Gasteiger charge is -2.16. The number of hydrogen-bond acceptors (Lipinski definition) is 5. The van der Waals surface area contributed by atoms with Gasteiger partial charge in [0.2, 0.25) is 12.7 Å². The summed E-state index contributed by atoms with van der Waals surface area (Å²) in [5.41, 5.74) is 0.454. The summed E-state index contributed by atoms with van der Waals surface area (Å²) in [6.07, 6.45) is 1.20. The Hall–Kier alpha value is -2.83. The molecule has 0 saturated heterocycles. The molecular weight excluding hydrogens is 274 g/mol. The number of fused-ring (bicyclic) bond motifs is 1. The average Bonchev–Trinajstić information content (AvgIpc) is 2.93.